The molecule has 112 valence electrons. The quantitative estimate of drug-likeness (QED) is 0.847. The SMILES string of the molecule is CCOc1cc(CCN)ccc1OCc1ccc(C)cc1. The summed E-state index contributed by atoms with van der Waals surface area (Å²) in [6.45, 7) is 5.84. The molecule has 2 N–H and O–H groups in total. The zero-order chi connectivity index (χ0) is 15.1. The highest BCUT2D eigenvalue weighted by Gasteiger charge is 2.07. The minimum absolute atomic E-state index is 0.538. The van der Waals surface area contributed by atoms with Gasteiger partial charge in [0.15, 0.2) is 11.5 Å². The van der Waals surface area contributed by atoms with Crippen molar-refractivity contribution < 1.29 is 9.47 Å². The Balaban J connectivity index is 2.09. The lowest BCUT2D eigenvalue weighted by atomic mass is 10.1. The molecule has 0 bridgehead atoms. The summed E-state index contributed by atoms with van der Waals surface area (Å²) < 4.78 is 11.6. The molecule has 0 fully saturated rings. The van der Waals surface area contributed by atoms with E-state index >= 15 is 0 Å². The molecule has 0 aromatic heterocycles. The van der Waals surface area contributed by atoms with Crippen LogP contribution in [-0.2, 0) is 13.0 Å². The monoisotopic (exact) mass is 285 g/mol. The van der Waals surface area contributed by atoms with Crippen LogP contribution in [0.2, 0.25) is 0 Å². The van der Waals surface area contributed by atoms with Crippen LogP contribution in [-0.4, -0.2) is 13.2 Å². The number of benzene rings is 2. The van der Waals surface area contributed by atoms with Crippen molar-refractivity contribution >= 4 is 0 Å². The topological polar surface area (TPSA) is 44.5 Å². The van der Waals surface area contributed by atoms with Crippen molar-refractivity contribution in [1.29, 1.82) is 0 Å². The molecule has 0 aliphatic rings. The standard InChI is InChI=1S/C18H23NO2/c1-3-20-18-12-15(10-11-19)8-9-17(18)21-13-16-6-4-14(2)5-7-16/h4-9,12H,3,10-11,13,19H2,1-2H3. The van der Waals surface area contributed by atoms with E-state index in [1.54, 1.807) is 0 Å². The summed E-state index contributed by atoms with van der Waals surface area (Å²) in [5, 5.41) is 0. The molecule has 0 spiro atoms. The molecule has 2 rings (SSSR count). The van der Waals surface area contributed by atoms with Crippen LogP contribution in [0.25, 0.3) is 0 Å². The van der Waals surface area contributed by atoms with Gasteiger partial charge in [-0.05, 0) is 50.1 Å². The Morgan fingerprint density at radius 1 is 0.905 bits per heavy atom. The minimum Gasteiger partial charge on any atom is -0.490 e. The number of aryl methyl sites for hydroxylation is 1. The van der Waals surface area contributed by atoms with Gasteiger partial charge in [-0.25, -0.2) is 0 Å². The molecule has 21 heavy (non-hydrogen) atoms. The van der Waals surface area contributed by atoms with E-state index in [-0.39, 0.29) is 0 Å². The number of ether oxygens (including phenoxy) is 2. The summed E-state index contributed by atoms with van der Waals surface area (Å²) >= 11 is 0. The maximum Gasteiger partial charge on any atom is 0.161 e. The molecule has 0 unspecified atom stereocenters. The summed E-state index contributed by atoms with van der Waals surface area (Å²) in [5.41, 5.74) is 9.16. The predicted molar refractivity (Wildman–Crippen MR) is 85.9 cm³/mol. The third kappa shape index (κ3) is 4.50. The van der Waals surface area contributed by atoms with E-state index in [0.29, 0.717) is 19.8 Å². The van der Waals surface area contributed by atoms with E-state index in [1.807, 2.05) is 25.1 Å². The van der Waals surface area contributed by atoms with Gasteiger partial charge in [0.1, 0.15) is 6.61 Å². The van der Waals surface area contributed by atoms with Crippen LogP contribution in [0, 0.1) is 6.92 Å². The van der Waals surface area contributed by atoms with Gasteiger partial charge in [0.25, 0.3) is 0 Å². The maximum absolute atomic E-state index is 5.89. The molecular weight excluding hydrogens is 262 g/mol. The van der Waals surface area contributed by atoms with Gasteiger partial charge < -0.3 is 15.2 Å². The van der Waals surface area contributed by atoms with Gasteiger partial charge in [-0.15, -0.1) is 0 Å². The molecule has 2 aromatic carbocycles. The number of hydrogen-bond acceptors (Lipinski definition) is 3. The van der Waals surface area contributed by atoms with Crippen molar-refractivity contribution in [3.8, 4) is 11.5 Å². The molecule has 0 aliphatic carbocycles. The molecule has 0 atom stereocenters. The molecule has 0 amide bonds. The predicted octanol–water partition coefficient (Wildman–Crippen LogP) is 3.47. The molecule has 0 saturated carbocycles. The third-order valence-corrected chi connectivity index (χ3v) is 3.26. The molecule has 3 heteroatoms. The van der Waals surface area contributed by atoms with Crippen LogP contribution in [0.15, 0.2) is 42.5 Å². The first-order chi connectivity index (χ1) is 10.2. The average Bonchev–Trinajstić information content (AvgIpc) is 2.49. The Morgan fingerprint density at radius 2 is 1.62 bits per heavy atom. The number of rotatable bonds is 7. The highest BCUT2D eigenvalue weighted by molar-refractivity contribution is 5.43. The Bertz CT molecular complexity index is 564. The first-order valence-electron chi connectivity index (χ1n) is 7.37. The molecule has 0 saturated heterocycles. The Labute approximate surface area is 126 Å². The lowest BCUT2D eigenvalue weighted by Crippen LogP contribution is -2.04. The van der Waals surface area contributed by atoms with Gasteiger partial charge >= 0.3 is 0 Å². The highest BCUT2D eigenvalue weighted by Crippen LogP contribution is 2.29. The number of nitrogens with two attached hydrogens (primary N) is 1. The molecular formula is C18H23NO2. The van der Waals surface area contributed by atoms with Crippen LogP contribution in [0.4, 0.5) is 0 Å². The molecule has 3 nitrogen and oxygen atoms in total. The first kappa shape index (κ1) is 15.4. The Kier molecular flexibility index (Phi) is 5.64. The minimum atomic E-state index is 0.538. The van der Waals surface area contributed by atoms with Gasteiger partial charge in [0.2, 0.25) is 0 Å². The molecule has 0 radical (unpaired) electrons. The Hall–Kier alpha value is -2.00. The van der Waals surface area contributed by atoms with Crippen molar-refractivity contribution in [2.75, 3.05) is 13.2 Å². The van der Waals surface area contributed by atoms with Crippen molar-refractivity contribution in [2.24, 2.45) is 5.73 Å². The fourth-order valence-corrected chi connectivity index (χ4v) is 2.11. The fourth-order valence-electron chi connectivity index (χ4n) is 2.11. The smallest absolute Gasteiger partial charge is 0.161 e. The van der Waals surface area contributed by atoms with E-state index in [0.717, 1.165) is 23.5 Å². The summed E-state index contributed by atoms with van der Waals surface area (Å²) in [6.07, 6.45) is 0.846. The third-order valence-electron chi connectivity index (χ3n) is 3.26. The molecule has 0 heterocycles. The van der Waals surface area contributed by atoms with E-state index in [2.05, 4.69) is 31.2 Å². The highest BCUT2D eigenvalue weighted by atomic mass is 16.5. The van der Waals surface area contributed by atoms with Gasteiger partial charge in [0, 0.05) is 0 Å². The van der Waals surface area contributed by atoms with E-state index < -0.39 is 0 Å². The van der Waals surface area contributed by atoms with Crippen molar-refractivity contribution in [3.63, 3.8) is 0 Å². The van der Waals surface area contributed by atoms with E-state index in [9.17, 15) is 0 Å². The normalized spacial score (nSPS) is 10.4. The maximum atomic E-state index is 5.89. The zero-order valence-electron chi connectivity index (χ0n) is 12.8. The summed E-state index contributed by atoms with van der Waals surface area (Å²) in [7, 11) is 0. The van der Waals surface area contributed by atoms with Crippen LogP contribution < -0.4 is 15.2 Å². The van der Waals surface area contributed by atoms with Gasteiger partial charge in [-0.3, -0.25) is 0 Å². The van der Waals surface area contributed by atoms with Crippen LogP contribution in [0.5, 0.6) is 11.5 Å². The Morgan fingerprint density at radius 3 is 2.29 bits per heavy atom. The van der Waals surface area contributed by atoms with Crippen molar-refractivity contribution in [2.45, 2.75) is 26.9 Å². The van der Waals surface area contributed by atoms with Crippen LogP contribution in [0.3, 0.4) is 0 Å². The fraction of sp³-hybridized carbons (Fsp3) is 0.333. The first-order valence-corrected chi connectivity index (χ1v) is 7.37. The second-order valence-corrected chi connectivity index (χ2v) is 5.03. The van der Waals surface area contributed by atoms with E-state index in [4.69, 9.17) is 15.2 Å². The van der Waals surface area contributed by atoms with Crippen molar-refractivity contribution in [3.05, 3.63) is 59.2 Å². The van der Waals surface area contributed by atoms with Gasteiger partial charge in [0.05, 0.1) is 6.61 Å². The molecule has 2 aromatic rings. The van der Waals surface area contributed by atoms with Gasteiger partial charge in [-0.2, -0.15) is 0 Å². The number of hydrogen-bond donors (Lipinski definition) is 1. The summed E-state index contributed by atoms with van der Waals surface area (Å²) in [4.78, 5) is 0. The van der Waals surface area contributed by atoms with E-state index in [1.165, 1.54) is 11.1 Å². The largest absolute Gasteiger partial charge is 0.490 e. The summed E-state index contributed by atoms with van der Waals surface area (Å²) in [6, 6.07) is 14.4. The summed E-state index contributed by atoms with van der Waals surface area (Å²) in [5.74, 6) is 1.56. The lowest BCUT2D eigenvalue weighted by molar-refractivity contribution is 0.269. The van der Waals surface area contributed by atoms with Crippen LogP contribution >= 0.6 is 0 Å². The second-order valence-electron chi connectivity index (χ2n) is 5.03. The van der Waals surface area contributed by atoms with Gasteiger partial charge in [-0.1, -0.05) is 35.9 Å². The average molecular weight is 285 g/mol. The zero-order valence-corrected chi connectivity index (χ0v) is 12.8. The van der Waals surface area contributed by atoms with Crippen molar-refractivity contribution in [1.82, 2.24) is 0 Å². The second kappa shape index (κ2) is 7.70. The lowest BCUT2D eigenvalue weighted by Gasteiger charge is -2.13. The van der Waals surface area contributed by atoms with Crippen LogP contribution in [0.1, 0.15) is 23.6 Å². The molecule has 0 aliphatic heterocycles.